The number of anilines is 1. The highest BCUT2D eigenvalue weighted by Gasteiger charge is 2.18. The van der Waals surface area contributed by atoms with Gasteiger partial charge in [0.05, 0.1) is 5.56 Å². The number of benzene rings is 1. The van der Waals surface area contributed by atoms with Crippen LogP contribution in [0.3, 0.4) is 0 Å². The maximum Gasteiger partial charge on any atom is 0.140 e. The molecule has 3 aromatic rings. The van der Waals surface area contributed by atoms with Crippen LogP contribution in [0, 0.1) is 17.5 Å². The van der Waals surface area contributed by atoms with Gasteiger partial charge in [0.2, 0.25) is 0 Å². The summed E-state index contributed by atoms with van der Waals surface area (Å²) < 4.78 is 41.8. The molecule has 0 unspecified atom stereocenters. The van der Waals surface area contributed by atoms with Gasteiger partial charge >= 0.3 is 0 Å². The summed E-state index contributed by atoms with van der Waals surface area (Å²) in [5.41, 5.74) is 5.74. The van der Waals surface area contributed by atoms with Gasteiger partial charge in [-0.05, 0) is 24.3 Å². The molecule has 1 aromatic carbocycles. The lowest BCUT2D eigenvalue weighted by Gasteiger charge is -2.02. The van der Waals surface area contributed by atoms with E-state index in [9.17, 15) is 13.2 Å². The number of hydrogen-bond donors (Lipinski definition) is 1. The summed E-state index contributed by atoms with van der Waals surface area (Å²) in [6.07, 6.45) is 1.11. The molecular weight excluding hydrogens is 255 g/mol. The number of nitrogens with two attached hydrogens (primary N) is 1. The monoisotopic (exact) mass is 263 g/mol. The van der Waals surface area contributed by atoms with Gasteiger partial charge in [0.25, 0.3) is 0 Å². The van der Waals surface area contributed by atoms with Crippen molar-refractivity contribution in [1.29, 1.82) is 0 Å². The average molecular weight is 263 g/mol. The molecule has 3 nitrogen and oxygen atoms in total. The Morgan fingerprint density at radius 2 is 1.68 bits per heavy atom. The van der Waals surface area contributed by atoms with Gasteiger partial charge in [-0.3, -0.25) is 4.40 Å². The Balaban J connectivity index is 2.35. The molecule has 0 amide bonds. The van der Waals surface area contributed by atoms with Crippen LogP contribution in [0.2, 0.25) is 0 Å². The number of nitrogen functional groups attached to an aromatic ring is 1. The second-order valence-electron chi connectivity index (χ2n) is 4.02. The maximum atomic E-state index is 13.7. The van der Waals surface area contributed by atoms with Crippen LogP contribution in [0.25, 0.3) is 16.9 Å². The smallest absolute Gasteiger partial charge is 0.140 e. The van der Waals surface area contributed by atoms with Crippen LogP contribution in [0.1, 0.15) is 0 Å². The first-order valence-electron chi connectivity index (χ1n) is 5.45. The Kier molecular flexibility index (Phi) is 2.45. The normalized spacial score (nSPS) is 11.1. The molecule has 0 aliphatic heterocycles. The number of aromatic nitrogens is 2. The second-order valence-corrected chi connectivity index (χ2v) is 4.02. The molecule has 0 fully saturated rings. The molecule has 6 heteroatoms. The number of hydrogen-bond acceptors (Lipinski definition) is 2. The minimum atomic E-state index is -0.768. The van der Waals surface area contributed by atoms with Crippen LogP contribution in [0.4, 0.5) is 19.0 Å². The number of fused-ring (bicyclic) bond motifs is 1. The zero-order valence-corrected chi connectivity index (χ0v) is 9.57. The van der Waals surface area contributed by atoms with Crippen molar-refractivity contribution >= 4 is 11.5 Å². The number of halogens is 3. The van der Waals surface area contributed by atoms with E-state index in [1.807, 2.05) is 0 Å². The van der Waals surface area contributed by atoms with Crippen LogP contribution < -0.4 is 5.73 Å². The summed E-state index contributed by atoms with van der Waals surface area (Å²) >= 11 is 0. The summed E-state index contributed by atoms with van der Waals surface area (Å²) in [6.45, 7) is 0. The van der Waals surface area contributed by atoms with Crippen molar-refractivity contribution in [1.82, 2.24) is 9.38 Å². The molecule has 3 rings (SSSR count). The van der Waals surface area contributed by atoms with Crippen LogP contribution in [-0.2, 0) is 0 Å². The Bertz CT molecular complexity index is 760. The van der Waals surface area contributed by atoms with E-state index in [0.717, 1.165) is 18.3 Å². The third kappa shape index (κ3) is 1.72. The van der Waals surface area contributed by atoms with Crippen LogP contribution in [0.5, 0.6) is 0 Å². The Hall–Kier alpha value is -2.50. The number of imidazole rings is 1. The Labute approximate surface area is 106 Å². The highest BCUT2D eigenvalue weighted by Crippen LogP contribution is 2.30. The first-order chi connectivity index (χ1) is 9.08. The predicted molar refractivity (Wildman–Crippen MR) is 64.9 cm³/mol. The summed E-state index contributed by atoms with van der Waals surface area (Å²) in [6, 6.07) is 6.06. The van der Waals surface area contributed by atoms with Crippen LogP contribution >= 0.6 is 0 Å². The van der Waals surface area contributed by atoms with Crippen molar-refractivity contribution in [3.05, 3.63) is 54.0 Å². The highest BCUT2D eigenvalue weighted by atomic mass is 19.1. The molecule has 0 saturated carbocycles. The third-order valence-corrected chi connectivity index (χ3v) is 2.82. The molecule has 2 heterocycles. The van der Waals surface area contributed by atoms with Gasteiger partial charge in [0.15, 0.2) is 0 Å². The van der Waals surface area contributed by atoms with Crippen molar-refractivity contribution in [2.75, 3.05) is 5.73 Å². The fourth-order valence-corrected chi connectivity index (χ4v) is 1.94. The van der Waals surface area contributed by atoms with E-state index in [4.69, 9.17) is 5.73 Å². The summed E-state index contributed by atoms with van der Waals surface area (Å²) in [4.78, 5) is 4.04. The van der Waals surface area contributed by atoms with Gasteiger partial charge < -0.3 is 5.73 Å². The molecule has 0 aliphatic carbocycles. The van der Waals surface area contributed by atoms with Gasteiger partial charge in [0.1, 0.15) is 34.6 Å². The fraction of sp³-hybridized carbons (Fsp3) is 0. The molecule has 96 valence electrons. The van der Waals surface area contributed by atoms with E-state index in [1.165, 1.54) is 22.6 Å². The van der Waals surface area contributed by atoms with Gasteiger partial charge in [-0.25, -0.2) is 18.2 Å². The Morgan fingerprint density at radius 1 is 1.00 bits per heavy atom. The van der Waals surface area contributed by atoms with E-state index in [1.54, 1.807) is 0 Å². The van der Waals surface area contributed by atoms with Crippen LogP contribution in [-0.4, -0.2) is 9.38 Å². The number of rotatable bonds is 1. The van der Waals surface area contributed by atoms with E-state index in [2.05, 4.69) is 4.98 Å². The largest absolute Gasteiger partial charge is 0.383 e. The van der Waals surface area contributed by atoms with E-state index >= 15 is 0 Å². The fourth-order valence-electron chi connectivity index (χ4n) is 1.94. The molecule has 2 N–H and O–H groups in total. The topological polar surface area (TPSA) is 43.3 Å². The predicted octanol–water partition coefficient (Wildman–Crippen LogP) is 3.00. The van der Waals surface area contributed by atoms with Gasteiger partial charge in [-0.1, -0.05) is 6.07 Å². The lowest BCUT2D eigenvalue weighted by molar-refractivity contribution is 0.589. The van der Waals surface area contributed by atoms with E-state index in [-0.39, 0.29) is 17.1 Å². The minimum absolute atomic E-state index is 0.0153. The molecule has 2 aromatic heterocycles. The summed E-state index contributed by atoms with van der Waals surface area (Å²) in [7, 11) is 0. The number of pyridine rings is 1. The molecule has 0 spiro atoms. The van der Waals surface area contributed by atoms with Gasteiger partial charge in [-0.2, -0.15) is 0 Å². The lowest BCUT2D eigenvalue weighted by atomic mass is 10.1. The van der Waals surface area contributed by atoms with Gasteiger partial charge in [0, 0.05) is 6.20 Å². The SMILES string of the molecule is Nc1c(-c2c(F)cccc2F)nc2ccc(F)cn12. The summed E-state index contributed by atoms with van der Waals surface area (Å²) in [5, 5.41) is 0. The third-order valence-electron chi connectivity index (χ3n) is 2.82. The van der Waals surface area contributed by atoms with E-state index < -0.39 is 17.5 Å². The van der Waals surface area contributed by atoms with Gasteiger partial charge in [-0.15, -0.1) is 0 Å². The Morgan fingerprint density at radius 3 is 2.37 bits per heavy atom. The first-order valence-corrected chi connectivity index (χ1v) is 5.45. The molecule has 19 heavy (non-hydrogen) atoms. The molecule has 0 bridgehead atoms. The van der Waals surface area contributed by atoms with Crippen molar-refractivity contribution in [3.63, 3.8) is 0 Å². The van der Waals surface area contributed by atoms with Crippen molar-refractivity contribution < 1.29 is 13.2 Å². The highest BCUT2D eigenvalue weighted by molar-refractivity contribution is 5.75. The van der Waals surface area contributed by atoms with E-state index in [0.29, 0.717) is 5.65 Å². The minimum Gasteiger partial charge on any atom is -0.383 e. The first kappa shape index (κ1) is 11.6. The molecule has 0 atom stereocenters. The maximum absolute atomic E-state index is 13.7. The average Bonchev–Trinajstić information content (AvgIpc) is 2.67. The molecule has 0 saturated heterocycles. The van der Waals surface area contributed by atoms with Crippen LogP contribution in [0.15, 0.2) is 36.5 Å². The summed E-state index contributed by atoms with van der Waals surface area (Å²) in [5.74, 6) is -2.07. The molecule has 0 radical (unpaired) electrons. The van der Waals surface area contributed by atoms with Crippen molar-refractivity contribution in [2.24, 2.45) is 0 Å². The zero-order chi connectivity index (χ0) is 13.6. The second kappa shape index (κ2) is 4.01. The zero-order valence-electron chi connectivity index (χ0n) is 9.57. The quantitative estimate of drug-likeness (QED) is 0.733. The molecule has 0 aliphatic rings. The lowest BCUT2D eigenvalue weighted by Crippen LogP contribution is -1.97. The van der Waals surface area contributed by atoms with Crippen molar-refractivity contribution in [2.45, 2.75) is 0 Å². The standard InChI is InChI=1S/C13H8F3N3/c14-7-4-5-10-18-12(13(17)19(10)6-7)11-8(15)2-1-3-9(11)16/h1-6H,17H2. The molecular formula is C13H8F3N3. The van der Waals surface area contributed by atoms with Crippen molar-refractivity contribution in [3.8, 4) is 11.3 Å². The number of nitrogens with zero attached hydrogens (tertiary/aromatic N) is 2.